The van der Waals surface area contributed by atoms with E-state index in [1.54, 1.807) is 12.1 Å². The number of halogens is 2. The monoisotopic (exact) mass is 504 g/mol. The van der Waals surface area contributed by atoms with Crippen molar-refractivity contribution in [2.45, 2.75) is 46.1 Å². The number of nitrogens with zero attached hydrogens (tertiary/aromatic N) is 3. The highest BCUT2D eigenvalue weighted by Crippen LogP contribution is 2.42. The number of para-hydroxylation sites is 1. The lowest BCUT2D eigenvalue weighted by Gasteiger charge is -2.47. The summed E-state index contributed by atoms with van der Waals surface area (Å²) in [5.41, 5.74) is 2.17. The number of hydrogen-bond acceptors (Lipinski definition) is 4. The van der Waals surface area contributed by atoms with Crippen molar-refractivity contribution in [2.24, 2.45) is 11.3 Å². The first-order chi connectivity index (χ1) is 16.3. The Morgan fingerprint density at radius 3 is 2.32 bits per heavy atom. The Balaban J connectivity index is 1.26. The minimum atomic E-state index is -0.108. The number of benzene rings is 1. The van der Waals surface area contributed by atoms with Gasteiger partial charge in [0.25, 0.3) is 0 Å². The van der Waals surface area contributed by atoms with Gasteiger partial charge in [-0.25, -0.2) is 9.78 Å². The van der Waals surface area contributed by atoms with Crippen LogP contribution in [0.1, 0.15) is 45.1 Å². The molecule has 184 valence electrons. The number of ether oxygens (including phenoxy) is 1. The first-order valence-corrected chi connectivity index (χ1v) is 12.9. The van der Waals surface area contributed by atoms with Crippen LogP contribution in [0.3, 0.4) is 0 Å². The maximum Gasteiger partial charge on any atom is 0.321 e. The van der Waals surface area contributed by atoms with Crippen LogP contribution in [0.2, 0.25) is 10.3 Å². The summed E-state index contributed by atoms with van der Waals surface area (Å²) in [5.74, 6) is 1.52. The van der Waals surface area contributed by atoms with E-state index in [4.69, 9.17) is 27.9 Å². The number of hydrogen-bond donors (Lipinski definition) is 1. The number of pyridine rings is 1. The molecule has 2 amide bonds. The fraction of sp³-hybridized carbons (Fsp3) is 0.538. The van der Waals surface area contributed by atoms with E-state index < -0.39 is 0 Å². The molecule has 1 N–H and O–H groups in total. The molecule has 2 fully saturated rings. The van der Waals surface area contributed by atoms with Crippen LogP contribution < -0.4 is 10.1 Å². The molecule has 0 aliphatic carbocycles. The van der Waals surface area contributed by atoms with Crippen LogP contribution in [-0.4, -0.2) is 53.6 Å². The van der Waals surface area contributed by atoms with Crippen LogP contribution in [0, 0.1) is 11.3 Å². The van der Waals surface area contributed by atoms with Gasteiger partial charge in [-0.3, -0.25) is 4.90 Å². The zero-order valence-corrected chi connectivity index (χ0v) is 21.5. The molecule has 2 saturated heterocycles. The smallest absolute Gasteiger partial charge is 0.321 e. The molecule has 0 unspecified atom stereocenters. The predicted molar refractivity (Wildman–Crippen MR) is 138 cm³/mol. The average Bonchev–Trinajstić information content (AvgIpc) is 2.80. The van der Waals surface area contributed by atoms with Crippen LogP contribution in [0.5, 0.6) is 5.75 Å². The number of amides is 2. The van der Waals surface area contributed by atoms with Crippen molar-refractivity contribution in [1.82, 2.24) is 14.8 Å². The van der Waals surface area contributed by atoms with Gasteiger partial charge >= 0.3 is 6.03 Å². The molecule has 0 atom stereocenters. The van der Waals surface area contributed by atoms with Crippen molar-refractivity contribution in [1.29, 1.82) is 0 Å². The fourth-order valence-corrected chi connectivity index (χ4v) is 5.34. The number of aromatic nitrogens is 1. The second-order valence-electron chi connectivity index (χ2n) is 10.0. The lowest BCUT2D eigenvalue weighted by Crippen LogP contribution is -2.49. The molecule has 1 spiro atoms. The van der Waals surface area contributed by atoms with Gasteiger partial charge in [-0.15, -0.1) is 0 Å². The summed E-state index contributed by atoms with van der Waals surface area (Å²) in [6.07, 6.45) is 4.43. The largest absolute Gasteiger partial charge is 0.493 e. The third-order valence-electron chi connectivity index (χ3n) is 6.98. The van der Waals surface area contributed by atoms with Crippen molar-refractivity contribution in [3.8, 4) is 5.75 Å². The number of piperidine rings is 2. The number of rotatable bonds is 6. The van der Waals surface area contributed by atoms with E-state index in [-0.39, 0.29) is 16.3 Å². The first kappa shape index (κ1) is 25.1. The molecule has 0 bridgehead atoms. The molecule has 2 aromatic rings. The Bertz CT molecular complexity index is 962. The van der Waals surface area contributed by atoms with Crippen LogP contribution in [-0.2, 0) is 6.54 Å². The summed E-state index contributed by atoms with van der Waals surface area (Å²) in [4.78, 5) is 21.1. The Labute approximate surface area is 212 Å². The molecule has 34 heavy (non-hydrogen) atoms. The summed E-state index contributed by atoms with van der Waals surface area (Å²) >= 11 is 11.9. The number of nitrogens with one attached hydrogen (secondary N) is 1. The summed E-state index contributed by atoms with van der Waals surface area (Å²) < 4.78 is 6.05. The Morgan fingerprint density at radius 2 is 1.68 bits per heavy atom. The van der Waals surface area contributed by atoms with Crippen LogP contribution in [0.15, 0.2) is 36.4 Å². The first-order valence-electron chi connectivity index (χ1n) is 12.1. The SMILES string of the molecule is CC(C)COc1ccccc1CN1CCC2(CC1)CCN(C(=O)Nc1cc(Cl)nc(Cl)c1)CC2. The van der Waals surface area contributed by atoms with Crippen molar-refractivity contribution in [3.05, 3.63) is 52.3 Å². The molecule has 2 aliphatic rings. The highest BCUT2D eigenvalue weighted by atomic mass is 35.5. The summed E-state index contributed by atoms with van der Waals surface area (Å²) in [5, 5.41) is 3.43. The molecular formula is C26H34Cl2N4O2. The Morgan fingerprint density at radius 1 is 1.06 bits per heavy atom. The number of urea groups is 1. The van der Waals surface area contributed by atoms with Gasteiger partial charge in [0.05, 0.1) is 6.61 Å². The Hall–Kier alpha value is -2.02. The maximum absolute atomic E-state index is 12.7. The molecule has 0 saturated carbocycles. The summed E-state index contributed by atoms with van der Waals surface area (Å²) in [7, 11) is 0. The minimum absolute atomic E-state index is 0.108. The lowest BCUT2D eigenvalue weighted by atomic mass is 9.71. The van der Waals surface area contributed by atoms with Crippen molar-refractivity contribution in [2.75, 3.05) is 38.1 Å². The number of carbonyl (C=O) groups excluding carboxylic acids is 1. The van der Waals surface area contributed by atoms with Gasteiger partial charge in [0, 0.05) is 30.9 Å². The summed E-state index contributed by atoms with van der Waals surface area (Å²) in [6, 6.07) is 11.5. The normalized spacial score (nSPS) is 18.3. The van der Waals surface area contributed by atoms with Gasteiger partial charge in [-0.1, -0.05) is 55.2 Å². The molecule has 0 radical (unpaired) electrons. The lowest BCUT2D eigenvalue weighted by molar-refractivity contribution is 0.0439. The van der Waals surface area contributed by atoms with E-state index in [1.165, 1.54) is 18.4 Å². The zero-order valence-electron chi connectivity index (χ0n) is 20.0. The molecule has 8 heteroatoms. The van der Waals surface area contributed by atoms with Gasteiger partial charge in [-0.05, 0) is 68.3 Å². The quantitative estimate of drug-likeness (QED) is 0.466. The predicted octanol–water partition coefficient (Wildman–Crippen LogP) is 6.33. The van der Waals surface area contributed by atoms with Crippen molar-refractivity contribution < 1.29 is 9.53 Å². The van der Waals surface area contributed by atoms with Crippen molar-refractivity contribution in [3.63, 3.8) is 0 Å². The maximum atomic E-state index is 12.7. The molecule has 6 nitrogen and oxygen atoms in total. The van der Waals surface area contributed by atoms with Crippen molar-refractivity contribution >= 4 is 34.9 Å². The Kier molecular flexibility index (Phi) is 8.22. The molecule has 2 aliphatic heterocycles. The minimum Gasteiger partial charge on any atom is -0.493 e. The second kappa shape index (κ2) is 11.1. The highest BCUT2D eigenvalue weighted by molar-refractivity contribution is 6.32. The zero-order chi connectivity index (χ0) is 24.1. The molecule has 4 rings (SSSR count). The van der Waals surface area contributed by atoms with Crippen LogP contribution in [0.25, 0.3) is 0 Å². The van der Waals surface area contributed by atoms with Gasteiger partial charge in [0.15, 0.2) is 0 Å². The van der Waals surface area contributed by atoms with Gasteiger partial charge in [0.2, 0.25) is 0 Å². The molecular weight excluding hydrogens is 471 g/mol. The topological polar surface area (TPSA) is 57.7 Å². The summed E-state index contributed by atoms with van der Waals surface area (Å²) in [6.45, 7) is 9.71. The van der Waals surface area contributed by atoms with E-state index in [2.05, 4.69) is 47.2 Å². The van der Waals surface area contributed by atoms with Gasteiger partial charge < -0.3 is 15.0 Å². The number of anilines is 1. The number of carbonyl (C=O) groups is 1. The molecule has 1 aromatic heterocycles. The van der Waals surface area contributed by atoms with E-state index in [0.29, 0.717) is 17.0 Å². The fourth-order valence-electron chi connectivity index (χ4n) is 4.88. The second-order valence-corrected chi connectivity index (χ2v) is 10.8. The standard InChI is InChI=1S/C26H34Cl2N4O2/c1-19(2)18-34-22-6-4-3-5-20(22)17-31-11-7-26(8-12-31)9-13-32(14-10-26)25(33)29-21-15-23(27)30-24(28)16-21/h3-6,15-16,19H,7-14,17-18H2,1-2H3,(H,29,30,33). The third-order valence-corrected chi connectivity index (χ3v) is 7.37. The van der Waals surface area contributed by atoms with E-state index in [9.17, 15) is 4.79 Å². The van der Waals surface area contributed by atoms with Gasteiger partial charge in [0.1, 0.15) is 16.1 Å². The van der Waals surface area contributed by atoms with E-state index in [1.807, 2.05) is 11.0 Å². The molecule has 3 heterocycles. The average molecular weight is 505 g/mol. The van der Waals surface area contributed by atoms with E-state index >= 15 is 0 Å². The highest BCUT2D eigenvalue weighted by Gasteiger charge is 2.38. The third kappa shape index (κ3) is 6.55. The molecule has 1 aromatic carbocycles. The van der Waals surface area contributed by atoms with Crippen LogP contribution in [0.4, 0.5) is 10.5 Å². The van der Waals surface area contributed by atoms with E-state index in [0.717, 1.165) is 57.9 Å². The number of likely N-dealkylation sites (tertiary alicyclic amines) is 2. The van der Waals surface area contributed by atoms with Crippen LogP contribution >= 0.6 is 23.2 Å². The van der Waals surface area contributed by atoms with Gasteiger partial charge in [-0.2, -0.15) is 0 Å².